The molecule has 0 aromatic heterocycles. The van der Waals surface area contributed by atoms with E-state index in [0.29, 0.717) is 5.56 Å². The van der Waals surface area contributed by atoms with Gasteiger partial charge >= 0.3 is 0 Å². The fourth-order valence-corrected chi connectivity index (χ4v) is 2.14. The zero-order valence-corrected chi connectivity index (χ0v) is 11.5. The average molecular weight is 283 g/mol. The maximum atomic E-state index is 11.2. The van der Waals surface area contributed by atoms with Crippen LogP contribution in [-0.4, -0.2) is 11.8 Å². The lowest BCUT2D eigenvalue weighted by Gasteiger charge is -2.12. The summed E-state index contributed by atoms with van der Waals surface area (Å²) in [5.74, 6) is -0.915. The molecule has 0 fully saturated rings. The van der Waals surface area contributed by atoms with Crippen molar-refractivity contribution in [2.45, 2.75) is 12.5 Å². The summed E-state index contributed by atoms with van der Waals surface area (Å²) in [6, 6.07) is 14.1. The fourth-order valence-electron chi connectivity index (χ4n) is 2.14. The van der Waals surface area contributed by atoms with Crippen molar-refractivity contribution in [3.8, 4) is 11.1 Å². The van der Waals surface area contributed by atoms with Gasteiger partial charge in [-0.2, -0.15) is 0 Å². The van der Waals surface area contributed by atoms with Gasteiger partial charge in [-0.1, -0.05) is 30.3 Å². The molecule has 2 rings (SSSR count). The van der Waals surface area contributed by atoms with Crippen molar-refractivity contribution in [3.05, 3.63) is 59.7 Å². The molecule has 1 atom stereocenters. The third kappa shape index (κ3) is 3.67. The number of rotatable bonds is 5. The van der Waals surface area contributed by atoms with Gasteiger partial charge < -0.3 is 17.2 Å². The van der Waals surface area contributed by atoms with Crippen molar-refractivity contribution >= 4 is 11.8 Å². The molecule has 0 bridgehead atoms. The lowest BCUT2D eigenvalue weighted by molar-refractivity contribution is -0.118. The normalized spacial score (nSPS) is 11.9. The van der Waals surface area contributed by atoms with E-state index in [1.807, 2.05) is 30.3 Å². The highest BCUT2D eigenvalue weighted by Gasteiger charge is 2.10. The van der Waals surface area contributed by atoms with Crippen LogP contribution in [0.3, 0.4) is 0 Å². The van der Waals surface area contributed by atoms with Crippen LogP contribution in [0.5, 0.6) is 0 Å². The van der Waals surface area contributed by atoms with Crippen molar-refractivity contribution in [1.29, 1.82) is 0 Å². The summed E-state index contributed by atoms with van der Waals surface area (Å²) in [7, 11) is 0. The van der Waals surface area contributed by atoms with Gasteiger partial charge in [-0.3, -0.25) is 9.59 Å². The molecule has 108 valence electrons. The number of benzene rings is 2. The SMILES string of the molecule is NC(=O)CC(N)c1cccc(-c2cccc(C(N)=O)c2)c1. The Bertz CT molecular complexity index is 683. The molecule has 2 amide bonds. The molecule has 5 nitrogen and oxygen atoms in total. The third-order valence-corrected chi connectivity index (χ3v) is 3.22. The summed E-state index contributed by atoms with van der Waals surface area (Å²) in [5, 5.41) is 0. The molecule has 2 aromatic rings. The Hall–Kier alpha value is -2.66. The molecule has 0 heterocycles. The Kier molecular flexibility index (Phi) is 4.35. The highest BCUT2D eigenvalue weighted by Crippen LogP contribution is 2.24. The summed E-state index contributed by atoms with van der Waals surface area (Å²) >= 11 is 0. The summed E-state index contributed by atoms with van der Waals surface area (Å²) < 4.78 is 0. The standard InChI is InChI=1S/C16H17N3O2/c17-14(9-15(18)20)12-5-1-3-10(7-12)11-4-2-6-13(8-11)16(19)21/h1-8,14H,9,17H2,(H2,18,20)(H2,19,21). The van der Waals surface area contributed by atoms with Crippen LogP contribution in [0.15, 0.2) is 48.5 Å². The number of carbonyl (C=O) groups excluding carboxylic acids is 2. The van der Waals surface area contributed by atoms with Crippen molar-refractivity contribution in [1.82, 2.24) is 0 Å². The van der Waals surface area contributed by atoms with Crippen LogP contribution in [0.2, 0.25) is 0 Å². The zero-order valence-electron chi connectivity index (χ0n) is 11.5. The highest BCUT2D eigenvalue weighted by atomic mass is 16.1. The van der Waals surface area contributed by atoms with Crippen LogP contribution in [0.25, 0.3) is 11.1 Å². The van der Waals surface area contributed by atoms with E-state index in [9.17, 15) is 9.59 Å². The number of hydrogen-bond acceptors (Lipinski definition) is 3. The van der Waals surface area contributed by atoms with Crippen LogP contribution in [0.1, 0.15) is 28.4 Å². The quantitative estimate of drug-likeness (QED) is 0.769. The predicted molar refractivity (Wildman–Crippen MR) is 81.1 cm³/mol. The second kappa shape index (κ2) is 6.19. The van der Waals surface area contributed by atoms with Gasteiger partial charge in [0, 0.05) is 18.0 Å². The monoisotopic (exact) mass is 283 g/mol. The molecule has 5 heteroatoms. The molecule has 0 saturated carbocycles. The van der Waals surface area contributed by atoms with E-state index in [1.165, 1.54) is 0 Å². The molecular weight excluding hydrogens is 266 g/mol. The van der Waals surface area contributed by atoms with Crippen LogP contribution in [0.4, 0.5) is 0 Å². The zero-order chi connectivity index (χ0) is 15.4. The molecule has 21 heavy (non-hydrogen) atoms. The maximum absolute atomic E-state index is 11.2. The van der Waals surface area contributed by atoms with Crippen LogP contribution in [0, 0.1) is 0 Å². The molecular formula is C16H17N3O2. The summed E-state index contributed by atoms with van der Waals surface area (Å²) in [5.41, 5.74) is 19.4. The van der Waals surface area contributed by atoms with Crippen molar-refractivity contribution in [2.75, 3.05) is 0 Å². The second-order valence-electron chi connectivity index (χ2n) is 4.85. The van der Waals surface area contributed by atoms with Crippen LogP contribution in [-0.2, 0) is 4.79 Å². The molecule has 1 unspecified atom stereocenters. The molecule has 6 N–H and O–H groups in total. The first kappa shape index (κ1) is 14.7. The van der Waals surface area contributed by atoms with E-state index in [4.69, 9.17) is 17.2 Å². The number of amides is 2. The van der Waals surface area contributed by atoms with E-state index < -0.39 is 17.9 Å². The number of hydrogen-bond donors (Lipinski definition) is 3. The van der Waals surface area contributed by atoms with E-state index in [1.54, 1.807) is 18.2 Å². The maximum Gasteiger partial charge on any atom is 0.248 e. The van der Waals surface area contributed by atoms with Gasteiger partial charge in [0.25, 0.3) is 0 Å². The minimum atomic E-state index is -0.474. The summed E-state index contributed by atoms with van der Waals surface area (Å²) in [6.07, 6.45) is 0.0881. The van der Waals surface area contributed by atoms with Gasteiger partial charge in [-0.15, -0.1) is 0 Å². The largest absolute Gasteiger partial charge is 0.370 e. The third-order valence-electron chi connectivity index (χ3n) is 3.22. The van der Waals surface area contributed by atoms with Crippen LogP contribution < -0.4 is 17.2 Å². The summed E-state index contributed by atoms with van der Waals surface area (Å²) in [6.45, 7) is 0. The highest BCUT2D eigenvalue weighted by molar-refractivity contribution is 5.94. The molecule has 2 aromatic carbocycles. The molecule has 0 aliphatic rings. The lowest BCUT2D eigenvalue weighted by atomic mass is 9.97. The Morgan fingerprint density at radius 2 is 1.57 bits per heavy atom. The minimum Gasteiger partial charge on any atom is -0.370 e. The van der Waals surface area contributed by atoms with Gasteiger partial charge in [-0.25, -0.2) is 0 Å². The van der Waals surface area contributed by atoms with E-state index in [-0.39, 0.29) is 6.42 Å². The van der Waals surface area contributed by atoms with Crippen molar-refractivity contribution in [3.63, 3.8) is 0 Å². The Balaban J connectivity index is 2.35. The number of carbonyl (C=O) groups is 2. The van der Waals surface area contributed by atoms with Crippen LogP contribution >= 0.6 is 0 Å². The topological polar surface area (TPSA) is 112 Å². The summed E-state index contributed by atoms with van der Waals surface area (Å²) in [4.78, 5) is 22.2. The van der Waals surface area contributed by atoms with Gasteiger partial charge in [0.05, 0.1) is 0 Å². The average Bonchev–Trinajstić information content (AvgIpc) is 2.47. The first-order valence-corrected chi connectivity index (χ1v) is 6.51. The fraction of sp³-hybridized carbons (Fsp3) is 0.125. The van der Waals surface area contributed by atoms with Crippen molar-refractivity contribution < 1.29 is 9.59 Å². The van der Waals surface area contributed by atoms with Crippen molar-refractivity contribution in [2.24, 2.45) is 17.2 Å². The van der Waals surface area contributed by atoms with Gasteiger partial charge in [0.1, 0.15) is 0 Å². The Labute approximate surface area is 122 Å². The van der Waals surface area contributed by atoms with Gasteiger partial charge in [-0.05, 0) is 34.9 Å². The molecule has 0 saturated heterocycles. The van der Waals surface area contributed by atoms with Gasteiger partial charge in [0.2, 0.25) is 11.8 Å². The Morgan fingerprint density at radius 3 is 2.19 bits per heavy atom. The van der Waals surface area contributed by atoms with Gasteiger partial charge in [0.15, 0.2) is 0 Å². The molecule has 0 radical (unpaired) electrons. The first-order valence-electron chi connectivity index (χ1n) is 6.51. The second-order valence-corrected chi connectivity index (χ2v) is 4.85. The molecule has 0 aliphatic carbocycles. The van der Waals surface area contributed by atoms with E-state index in [0.717, 1.165) is 16.7 Å². The van der Waals surface area contributed by atoms with E-state index >= 15 is 0 Å². The number of primary amides is 2. The number of nitrogens with two attached hydrogens (primary N) is 3. The minimum absolute atomic E-state index is 0.0881. The lowest BCUT2D eigenvalue weighted by Crippen LogP contribution is -2.20. The Morgan fingerprint density at radius 1 is 0.952 bits per heavy atom. The smallest absolute Gasteiger partial charge is 0.248 e. The van der Waals surface area contributed by atoms with E-state index in [2.05, 4.69) is 0 Å². The molecule has 0 aliphatic heterocycles. The first-order chi connectivity index (χ1) is 9.97. The predicted octanol–water partition coefficient (Wildman–Crippen LogP) is 1.33. The molecule has 0 spiro atoms.